The summed E-state index contributed by atoms with van der Waals surface area (Å²) < 4.78 is 10.9. The van der Waals surface area contributed by atoms with Crippen LogP contribution in [0.4, 0.5) is 0 Å². The van der Waals surface area contributed by atoms with Gasteiger partial charge in [0.05, 0.1) is 12.7 Å². The SMILES string of the molecule is CCCCCCCC(=O)OC(C)CCCCCCCC(=O)OCC(CC)CCCC. The summed E-state index contributed by atoms with van der Waals surface area (Å²) in [7, 11) is 0. The van der Waals surface area contributed by atoms with Gasteiger partial charge in [0.25, 0.3) is 0 Å². The van der Waals surface area contributed by atoms with E-state index in [4.69, 9.17) is 9.47 Å². The Morgan fingerprint density at radius 2 is 1.23 bits per heavy atom. The van der Waals surface area contributed by atoms with Crippen LogP contribution in [0.3, 0.4) is 0 Å². The molecule has 0 amide bonds. The Bertz CT molecular complexity index is 408. The maximum atomic E-state index is 11.9. The van der Waals surface area contributed by atoms with E-state index >= 15 is 0 Å². The topological polar surface area (TPSA) is 52.6 Å². The van der Waals surface area contributed by atoms with E-state index in [1.807, 2.05) is 6.92 Å². The Labute approximate surface area is 186 Å². The lowest BCUT2D eigenvalue weighted by molar-refractivity contribution is -0.148. The first-order chi connectivity index (χ1) is 14.5. The van der Waals surface area contributed by atoms with Gasteiger partial charge in [-0.2, -0.15) is 0 Å². The minimum atomic E-state index is -0.0440. The fourth-order valence-corrected chi connectivity index (χ4v) is 3.63. The fourth-order valence-electron chi connectivity index (χ4n) is 3.63. The van der Waals surface area contributed by atoms with E-state index < -0.39 is 0 Å². The standard InChI is InChI=1S/C26H50O4/c1-5-8-10-12-17-21-26(28)30-23(4)18-15-13-11-14-16-20-25(27)29-22-24(7-3)19-9-6-2/h23-24H,5-22H2,1-4H3. The molecule has 4 heteroatoms. The molecule has 0 rings (SSSR count). The molecule has 0 aliphatic heterocycles. The second-order valence-electron chi connectivity index (χ2n) is 8.87. The third kappa shape index (κ3) is 18.9. The van der Waals surface area contributed by atoms with Crippen molar-refractivity contribution in [1.82, 2.24) is 0 Å². The number of unbranched alkanes of at least 4 members (excludes halogenated alkanes) is 9. The molecular formula is C26H50O4. The molecular weight excluding hydrogens is 376 g/mol. The molecule has 0 saturated heterocycles. The monoisotopic (exact) mass is 426 g/mol. The molecule has 2 unspecified atom stereocenters. The maximum absolute atomic E-state index is 11.9. The molecule has 0 heterocycles. The van der Waals surface area contributed by atoms with Gasteiger partial charge in [-0.25, -0.2) is 0 Å². The first-order valence-electron chi connectivity index (χ1n) is 12.9. The smallest absolute Gasteiger partial charge is 0.306 e. The molecule has 30 heavy (non-hydrogen) atoms. The summed E-state index contributed by atoms with van der Waals surface area (Å²) in [4.78, 5) is 23.7. The molecule has 2 atom stereocenters. The second-order valence-corrected chi connectivity index (χ2v) is 8.87. The van der Waals surface area contributed by atoms with Crippen LogP contribution in [0.15, 0.2) is 0 Å². The number of hydrogen-bond donors (Lipinski definition) is 0. The van der Waals surface area contributed by atoms with E-state index in [0.717, 1.165) is 64.2 Å². The highest BCUT2D eigenvalue weighted by Crippen LogP contribution is 2.15. The summed E-state index contributed by atoms with van der Waals surface area (Å²) in [6, 6.07) is 0. The van der Waals surface area contributed by atoms with Crippen molar-refractivity contribution in [3.63, 3.8) is 0 Å². The molecule has 0 aliphatic carbocycles. The number of ether oxygens (including phenoxy) is 2. The Kier molecular flexibility index (Phi) is 20.4. The summed E-state index contributed by atoms with van der Waals surface area (Å²) in [6.07, 6.45) is 17.8. The van der Waals surface area contributed by atoms with Crippen LogP contribution >= 0.6 is 0 Å². The average molecular weight is 427 g/mol. The fraction of sp³-hybridized carbons (Fsp3) is 0.923. The van der Waals surface area contributed by atoms with Crippen LogP contribution in [0.2, 0.25) is 0 Å². The van der Waals surface area contributed by atoms with Crippen molar-refractivity contribution < 1.29 is 19.1 Å². The predicted molar refractivity (Wildman–Crippen MR) is 126 cm³/mol. The van der Waals surface area contributed by atoms with Gasteiger partial charge in [0.2, 0.25) is 0 Å². The highest BCUT2D eigenvalue weighted by atomic mass is 16.5. The molecule has 0 spiro atoms. The molecule has 0 aromatic heterocycles. The number of hydrogen-bond acceptors (Lipinski definition) is 4. The second kappa shape index (κ2) is 21.2. The molecule has 0 aromatic carbocycles. The molecule has 4 nitrogen and oxygen atoms in total. The van der Waals surface area contributed by atoms with Crippen LogP contribution in [-0.4, -0.2) is 24.6 Å². The third-order valence-electron chi connectivity index (χ3n) is 5.83. The van der Waals surface area contributed by atoms with E-state index in [1.165, 1.54) is 32.1 Å². The number of carbonyl (C=O) groups excluding carboxylic acids is 2. The largest absolute Gasteiger partial charge is 0.465 e. The summed E-state index contributed by atoms with van der Waals surface area (Å²) in [5.74, 6) is 0.434. The van der Waals surface area contributed by atoms with Gasteiger partial charge in [-0.3, -0.25) is 9.59 Å². The maximum Gasteiger partial charge on any atom is 0.306 e. The zero-order valence-corrected chi connectivity index (χ0v) is 20.5. The minimum Gasteiger partial charge on any atom is -0.465 e. The van der Waals surface area contributed by atoms with Crippen LogP contribution < -0.4 is 0 Å². The quantitative estimate of drug-likeness (QED) is 0.139. The van der Waals surface area contributed by atoms with Gasteiger partial charge in [-0.1, -0.05) is 85.0 Å². The molecule has 0 saturated carbocycles. The van der Waals surface area contributed by atoms with E-state index in [9.17, 15) is 9.59 Å². The van der Waals surface area contributed by atoms with Gasteiger partial charge in [0, 0.05) is 12.8 Å². The van der Waals surface area contributed by atoms with Crippen LogP contribution in [0.25, 0.3) is 0 Å². The molecule has 178 valence electrons. The minimum absolute atomic E-state index is 0.0161. The number of esters is 2. The van der Waals surface area contributed by atoms with Crippen molar-refractivity contribution in [2.45, 2.75) is 143 Å². The van der Waals surface area contributed by atoms with Gasteiger partial charge in [0.15, 0.2) is 0 Å². The average Bonchev–Trinajstić information content (AvgIpc) is 2.73. The summed E-state index contributed by atoms with van der Waals surface area (Å²) >= 11 is 0. The van der Waals surface area contributed by atoms with Gasteiger partial charge in [-0.05, 0) is 44.9 Å². The van der Waals surface area contributed by atoms with Crippen molar-refractivity contribution >= 4 is 11.9 Å². The van der Waals surface area contributed by atoms with Crippen molar-refractivity contribution in [1.29, 1.82) is 0 Å². The molecule has 0 fully saturated rings. The van der Waals surface area contributed by atoms with Crippen LogP contribution in [-0.2, 0) is 19.1 Å². The van der Waals surface area contributed by atoms with E-state index in [2.05, 4.69) is 20.8 Å². The van der Waals surface area contributed by atoms with Crippen LogP contribution in [0.1, 0.15) is 137 Å². The predicted octanol–water partition coefficient (Wildman–Crippen LogP) is 7.77. The first kappa shape index (κ1) is 28.9. The van der Waals surface area contributed by atoms with Crippen LogP contribution in [0, 0.1) is 5.92 Å². The first-order valence-corrected chi connectivity index (χ1v) is 12.9. The highest BCUT2D eigenvalue weighted by Gasteiger charge is 2.11. The zero-order chi connectivity index (χ0) is 22.5. The van der Waals surface area contributed by atoms with Crippen molar-refractivity contribution in [3.8, 4) is 0 Å². The van der Waals surface area contributed by atoms with Crippen molar-refractivity contribution in [3.05, 3.63) is 0 Å². The lowest BCUT2D eigenvalue weighted by Gasteiger charge is -2.14. The normalized spacial score (nSPS) is 13.1. The van der Waals surface area contributed by atoms with Crippen molar-refractivity contribution in [2.75, 3.05) is 6.61 Å². The lowest BCUT2D eigenvalue weighted by Crippen LogP contribution is -2.14. The third-order valence-corrected chi connectivity index (χ3v) is 5.83. The number of rotatable bonds is 21. The molecule has 0 radical (unpaired) electrons. The van der Waals surface area contributed by atoms with Crippen LogP contribution in [0.5, 0.6) is 0 Å². The summed E-state index contributed by atoms with van der Waals surface area (Å²) in [6.45, 7) is 9.15. The Hall–Kier alpha value is -1.06. The zero-order valence-electron chi connectivity index (χ0n) is 20.5. The molecule has 0 aromatic rings. The summed E-state index contributed by atoms with van der Waals surface area (Å²) in [5.41, 5.74) is 0. The lowest BCUT2D eigenvalue weighted by atomic mass is 10.0. The highest BCUT2D eigenvalue weighted by molar-refractivity contribution is 5.69. The van der Waals surface area contributed by atoms with E-state index in [1.54, 1.807) is 0 Å². The Morgan fingerprint density at radius 3 is 1.87 bits per heavy atom. The Balaban J connectivity index is 3.54. The van der Waals surface area contributed by atoms with Gasteiger partial charge < -0.3 is 9.47 Å². The van der Waals surface area contributed by atoms with Gasteiger partial charge in [-0.15, -0.1) is 0 Å². The number of carbonyl (C=O) groups is 2. The van der Waals surface area contributed by atoms with Gasteiger partial charge in [0.1, 0.15) is 0 Å². The van der Waals surface area contributed by atoms with Crippen molar-refractivity contribution in [2.24, 2.45) is 5.92 Å². The summed E-state index contributed by atoms with van der Waals surface area (Å²) in [5, 5.41) is 0. The molecule has 0 bridgehead atoms. The van der Waals surface area contributed by atoms with E-state index in [-0.39, 0.29) is 18.0 Å². The van der Waals surface area contributed by atoms with Gasteiger partial charge >= 0.3 is 11.9 Å². The molecule has 0 aliphatic rings. The Morgan fingerprint density at radius 1 is 0.667 bits per heavy atom. The molecule has 0 N–H and O–H groups in total. The van der Waals surface area contributed by atoms with E-state index in [0.29, 0.717) is 25.4 Å².